The minimum atomic E-state index is -2.23. The van der Waals surface area contributed by atoms with Gasteiger partial charge in [0.05, 0.1) is 48.6 Å². The zero-order chi connectivity index (χ0) is 58.5. The Balaban J connectivity index is 1.24. The van der Waals surface area contributed by atoms with Gasteiger partial charge in [-0.15, -0.1) is 0 Å². The highest BCUT2D eigenvalue weighted by atomic mass is 16.8. The first-order chi connectivity index (χ1) is 39.6. The van der Waals surface area contributed by atoms with Crippen LogP contribution in [-0.2, 0) is 76.0 Å². The lowest BCUT2D eigenvalue weighted by molar-refractivity contribution is -0.358. The Hall–Kier alpha value is -8.46. The van der Waals surface area contributed by atoms with Crippen molar-refractivity contribution in [2.45, 2.75) is 99.0 Å². The Kier molecular flexibility index (Phi) is 20.2. The van der Waals surface area contributed by atoms with E-state index in [0.717, 1.165) is 28.3 Å². The van der Waals surface area contributed by atoms with Gasteiger partial charge in [-0.3, -0.25) is 4.79 Å². The van der Waals surface area contributed by atoms with Crippen LogP contribution in [0.15, 0.2) is 152 Å². The van der Waals surface area contributed by atoms with Crippen molar-refractivity contribution in [3.05, 3.63) is 179 Å². The zero-order valence-electron chi connectivity index (χ0n) is 44.3. The molecule has 24 heteroatoms. The molecule has 3 fully saturated rings. The third kappa shape index (κ3) is 14.0. The fourth-order valence-corrected chi connectivity index (χ4v) is 9.20. The van der Waals surface area contributed by atoms with Gasteiger partial charge in [0.2, 0.25) is 5.91 Å². The number of hydrogen-bond acceptors (Lipinski definition) is 23. The fraction of sp³-hybridized carbons (Fsp3) is 0.345. The largest absolute Gasteiger partial charge is 0.467 e. The van der Waals surface area contributed by atoms with E-state index in [4.69, 9.17) is 61.6 Å². The first-order valence-corrected chi connectivity index (χ1v) is 25.5. The smallest absolute Gasteiger partial charge is 0.339 e. The van der Waals surface area contributed by atoms with Crippen LogP contribution in [0, 0.1) is 0 Å². The molecule has 82 heavy (non-hydrogen) atoms. The molecule has 0 bridgehead atoms. The van der Waals surface area contributed by atoms with Crippen molar-refractivity contribution in [2.24, 2.45) is 0 Å². The molecule has 24 nitrogen and oxygen atoms in total. The first kappa shape index (κ1) is 59.7. The Labute approximate surface area is 468 Å². The van der Waals surface area contributed by atoms with Gasteiger partial charge in [-0.25, -0.2) is 33.6 Å². The second kappa shape index (κ2) is 27.8. The van der Waals surface area contributed by atoms with Gasteiger partial charge >= 0.3 is 41.8 Å². The number of aliphatic hydroxyl groups excluding tert-OH is 2. The van der Waals surface area contributed by atoms with E-state index < -0.39 is 146 Å². The van der Waals surface area contributed by atoms with Crippen molar-refractivity contribution in [2.75, 3.05) is 27.9 Å². The van der Waals surface area contributed by atoms with Gasteiger partial charge in [-0.05, 0) is 60.7 Å². The van der Waals surface area contributed by atoms with Gasteiger partial charge in [0.15, 0.2) is 61.6 Å². The topological polar surface area (TPSA) is 309 Å². The average molecular weight is 1140 g/mol. The lowest BCUT2D eigenvalue weighted by atomic mass is 9.94. The lowest BCUT2D eigenvalue weighted by Gasteiger charge is -2.50. The minimum absolute atomic E-state index is 0.0171. The molecule has 15 atom stereocenters. The van der Waals surface area contributed by atoms with Gasteiger partial charge < -0.3 is 77.1 Å². The highest BCUT2D eigenvalue weighted by Crippen LogP contribution is 2.38. The van der Waals surface area contributed by atoms with Gasteiger partial charge in [0, 0.05) is 14.0 Å². The van der Waals surface area contributed by atoms with Crippen LogP contribution in [-0.4, -0.2) is 178 Å². The molecule has 1 amide bonds. The number of rotatable bonds is 19. The van der Waals surface area contributed by atoms with Crippen LogP contribution in [0.1, 0.15) is 58.7 Å². The number of esters is 7. The summed E-state index contributed by atoms with van der Waals surface area (Å²) in [5, 5.41) is 25.7. The summed E-state index contributed by atoms with van der Waals surface area (Å²) >= 11 is 0. The molecule has 8 rings (SSSR count). The standard InChI is InChI=1S/C58H57NO23/c1-31(61)59-38-40(39(62)37(30-60)73-56(38)80-42-44(76-51(65)34-24-14-7-15-25-34)47(57(72-4)81-46(42)55(69)71-3)77-52(66)35-26-16-8-17-27-35)79-58-48(78-53(67)36-28-18-9-19-29-36)43(75-50(64)33-22-12-6-13-23-33)41(45(82-58)54(68)70-2)74-49(63)32-20-10-5-11-21-32/h5-29,37-48,56-58,60,62H,30H2,1-4H3,(H,59,61)/t37-,38-,39+,40-,41+,42+,43+,44+,45+,46+,47-,48-,56+,57-,58-/m1/s1. The molecular weight excluding hydrogens is 1080 g/mol. The third-order valence-corrected chi connectivity index (χ3v) is 13.2. The summed E-state index contributed by atoms with van der Waals surface area (Å²) in [5.41, 5.74) is -0.148. The predicted molar refractivity (Wildman–Crippen MR) is 276 cm³/mol. The van der Waals surface area contributed by atoms with E-state index in [-0.39, 0.29) is 27.8 Å². The maximum Gasteiger partial charge on any atom is 0.339 e. The summed E-state index contributed by atoms with van der Waals surface area (Å²) in [4.78, 5) is 112. The highest BCUT2D eigenvalue weighted by molar-refractivity contribution is 5.92. The number of hydrogen-bond donors (Lipinski definition) is 3. The summed E-state index contributed by atoms with van der Waals surface area (Å²) in [6, 6.07) is 35.5. The quantitative estimate of drug-likeness (QED) is 0.0791. The number of benzene rings is 5. The van der Waals surface area contributed by atoms with Crippen LogP contribution in [0.4, 0.5) is 0 Å². The Morgan fingerprint density at radius 1 is 0.427 bits per heavy atom. The Bertz CT molecular complexity index is 2990. The summed E-state index contributed by atoms with van der Waals surface area (Å²) < 4.78 is 77.6. The van der Waals surface area contributed by atoms with Crippen LogP contribution in [0.25, 0.3) is 0 Å². The minimum Gasteiger partial charge on any atom is -0.467 e. The van der Waals surface area contributed by atoms with E-state index in [2.05, 4.69) is 5.32 Å². The monoisotopic (exact) mass is 1140 g/mol. The fourth-order valence-electron chi connectivity index (χ4n) is 9.20. The molecule has 3 saturated heterocycles. The molecule has 3 heterocycles. The molecule has 0 aliphatic carbocycles. The van der Waals surface area contributed by atoms with Crippen molar-refractivity contribution in [1.29, 1.82) is 0 Å². The number of amides is 1. The molecule has 3 aliphatic heterocycles. The molecule has 0 unspecified atom stereocenters. The van der Waals surface area contributed by atoms with Crippen LogP contribution >= 0.6 is 0 Å². The number of aliphatic hydroxyl groups is 2. The molecule has 0 spiro atoms. The molecule has 5 aromatic rings. The van der Waals surface area contributed by atoms with Crippen molar-refractivity contribution in [3.63, 3.8) is 0 Å². The third-order valence-electron chi connectivity index (χ3n) is 13.2. The summed E-state index contributed by atoms with van der Waals surface area (Å²) in [7, 11) is 3.12. The molecular formula is C58H57NO23. The Morgan fingerprint density at radius 3 is 1.12 bits per heavy atom. The van der Waals surface area contributed by atoms with E-state index in [1.807, 2.05) is 0 Å². The SMILES string of the molecule is COC(=O)[C@H]1O[C@@H](O[C@H]2[C@@H](O)[C@@H](CO)O[C@@H](O[C@H]3[C@H](OC(=O)c4ccccc4)[C@@H](OC(=O)c4ccccc4)[C@H](OC)O[C@@H]3C(=O)OC)[C@@H]2NC(C)=O)[C@H](OC(=O)c2ccccc2)[C@@H](OC(=O)c2ccccc2)[C@@H]1OC(=O)c1ccccc1. The van der Waals surface area contributed by atoms with E-state index in [9.17, 15) is 48.6 Å². The van der Waals surface area contributed by atoms with Crippen LogP contribution < -0.4 is 5.32 Å². The first-order valence-electron chi connectivity index (χ1n) is 25.5. The van der Waals surface area contributed by atoms with Crippen molar-refractivity contribution >= 4 is 47.7 Å². The van der Waals surface area contributed by atoms with Crippen molar-refractivity contribution in [1.82, 2.24) is 5.32 Å². The molecule has 0 aromatic heterocycles. The lowest BCUT2D eigenvalue weighted by Crippen LogP contribution is -2.71. The number of ether oxygens (including phenoxy) is 13. The normalized spacial score (nSPS) is 27.7. The van der Waals surface area contributed by atoms with Crippen LogP contribution in [0.2, 0.25) is 0 Å². The summed E-state index contributed by atoms with van der Waals surface area (Å²) in [6.07, 6.45) is -27.7. The van der Waals surface area contributed by atoms with Gasteiger partial charge in [0.1, 0.15) is 30.5 Å². The second-order valence-electron chi connectivity index (χ2n) is 18.5. The number of methoxy groups -OCH3 is 3. The molecule has 432 valence electrons. The molecule has 3 aliphatic rings. The van der Waals surface area contributed by atoms with Crippen LogP contribution in [0.5, 0.6) is 0 Å². The van der Waals surface area contributed by atoms with Gasteiger partial charge in [0.25, 0.3) is 0 Å². The van der Waals surface area contributed by atoms with Crippen LogP contribution in [0.3, 0.4) is 0 Å². The van der Waals surface area contributed by atoms with Crippen molar-refractivity contribution < 1.29 is 110 Å². The average Bonchev–Trinajstić information content (AvgIpc) is 3.66. The zero-order valence-corrected chi connectivity index (χ0v) is 44.3. The van der Waals surface area contributed by atoms with E-state index in [0.29, 0.717) is 0 Å². The summed E-state index contributed by atoms with van der Waals surface area (Å²) in [6.45, 7) is 0.00813. The predicted octanol–water partition coefficient (Wildman–Crippen LogP) is 2.91. The highest BCUT2D eigenvalue weighted by Gasteiger charge is 2.61. The number of carbonyl (C=O) groups is 8. The van der Waals surface area contributed by atoms with E-state index in [1.54, 1.807) is 42.5 Å². The van der Waals surface area contributed by atoms with E-state index >= 15 is 0 Å². The number of nitrogens with one attached hydrogen (secondary N) is 1. The van der Waals surface area contributed by atoms with Gasteiger partial charge in [-0.1, -0.05) is 91.0 Å². The molecule has 0 saturated carbocycles. The van der Waals surface area contributed by atoms with Gasteiger partial charge in [-0.2, -0.15) is 0 Å². The summed E-state index contributed by atoms with van der Waals surface area (Å²) in [5.74, 6) is -8.53. The van der Waals surface area contributed by atoms with Crippen molar-refractivity contribution in [3.8, 4) is 0 Å². The second-order valence-corrected chi connectivity index (χ2v) is 18.5. The molecule has 0 radical (unpaired) electrons. The van der Waals surface area contributed by atoms with E-state index in [1.165, 1.54) is 109 Å². The molecule has 5 aromatic carbocycles. The number of carbonyl (C=O) groups excluding carboxylic acids is 8. The maximum atomic E-state index is 14.3. The Morgan fingerprint density at radius 2 is 0.756 bits per heavy atom. The maximum absolute atomic E-state index is 14.3. The molecule has 3 N–H and O–H groups in total.